The van der Waals surface area contributed by atoms with Crippen molar-refractivity contribution in [3.63, 3.8) is 0 Å². The van der Waals surface area contributed by atoms with Crippen molar-refractivity contribution in [2.45, 2.75) is 26.7 Å². The summed E-state index contributed by atoms with van der Waals surface area (Å²) in [6, 6.07) is 16.6. The molecule has 0 aliphatic carbocycles. The van der Waals surface area contributed by atoms with Crippen molar-refractivity contribution in [2.75, 3.05) is 76.5 Å². The van der Waals surface area contributed by atoms with Gasteiger partial charge in [-0.15, -0.1) is 0 Å². The van der Waals surface area contributed by atoms with E-state index in [2.05, 4.69) is 0 Å². The van der Waals surface area contributed by atoms with Crippen LogP contribution in [0.4, 0.5) is 0 Å². The Morgan fingerprint density at radius 1 is 0.291 bits per heavy atom. The van der Waals surface area contributed by atoms with Crippen LogP contribution in [0.15, 0.2) is 78.9 Å². The number of hydrazine groups is 4. The first kappa shape index (κ1) is 88.5. The second-order valence-corrected chi connectivity index (χ2v) is 35.0. The third-order valence-electron chi connectivity index (χ3n) is 12.0. The lowest BCUT2D eigenvalue weighted by Crippen LogP contribution is -2.47. The van der Waals surface area contributed by atoms with Crippen LogP contribution in [-0.2, 0) is 75.5 Å². The van der Waals surface area contributed by atoms with Crippen molar-refractivity contribution in [3.8, 4) is 17.2 Å². The molecule has 0 saturated carbocycles. The van der Waals surface area contributed by atoms with Crippen molar-refractivity contribution in [1.82, 2.24) is 63.0 Å². The van der Waals surface area contributed by atoms with Gasteiger partial charge in [0.15, 0.2) is 0 Å². The van der Waals surface area contributed by atoms with E-state index in [1.165, 1.54) is 18.2 Å². The van der Waals surface area contributed by atoms with Crippen LogP contribution in [0.25, 0.3) is 0 Å². The molecule has 0 heterocycles. The van der Waals surface area contributed by atoms with E-state index in [9.17, 15) is 153 Å². The number of benzene rings is 4. The predicted molar refractivity (Wildman–Crippen MR) is 348 cm³/mol. The number of hydrogen-bond acceptors (Lipinski definition) is 23. The lowest BCUT2D eigenvalue weighted by atomic mass is 10.0. The van der Waals surface area contributed by atoms with Crippen molar-refractivity contribution in [2.24, 2.45) is 0 Å². The summed E-state index contributed by atoms with van der Waals surface area (Å²) in [5.41, 5.74) is 13.9. The molecule has 572 valence electrons. The second kappa shape index (κ2) is 37.9. The van der Waals surface area contributed by atoms with E-state index in [1.807, 2.05) is 43.4 Å². The second-order valence-electron chi connectivity index (χ2n) is 22.1. The monoisotopic (exact) mass is 1620 g/mol. The zero-order valence-corrected chi connectivity index (χ0v) is 60.0. The van der Waals surface area contributed by atoms with Crippen LogP contribution in [0.3, 0.4) is 0 Å². The number of carbonyl (C=O) groups is 8. The van der Waals surface area contributed by atoms with E-state index in [0.29, 0.717) is 25.3 Å². The topological polar surface area (TPSA) is 734 Å². The Labute approximate surface area is 580 Å². The third kappa shape index (κ3) is 38.6. The molecule has 0 spiro atoms. The number of aryl methyl sites for hydroxylation is 1. The van der Waals surface area contributed by atoms with E-state index < -0.39 is 220 Å². The van der Waals surface area contributed by atoms with Crippen molar-refractivity contribution in [3.05, 3.63) is 123 Å². The molecule has 0 saturated heterocycles. The largest absolute Gasteiger partial charge is 0.489 e. The van der Waals surface area contributed by atoms with E-state index >= 15 is 0 Å². The lowest BCUT2D eigenvalue weighted by molar-refractivity contribution is -0.123. The summed E-state index contributed by atoms with van der Waals surface area (Å²) in [5.74, 6) is -10.2. The zero-order chi connectivity index (χ0) is 77.9. The van der Waals surface area contributed by atoms with Gasteiger partial charge in [0.2, 0.25) is 0 Å². The van der Waals surface area contributed by atoms with E-state index in [4.69, 9.17) is 14.2 Å². The molecule has 0 aliphatic heterocycles. The maximum absolute atomic E-state index is 13.7. The molecule has 4 aromatic carbocycles. The highest BCUT2D eigenvalue weighted by atomic mass is 31.2. The van der Waals surface area contributed by atoms with Crippen LogP contribution in [0, 0.1) is 6.92 Å². The maximum atomic E-state index is 13.7. The first-order chi connectivity index (χ1) is 47.1. The van der Waals surface area contributed by atoms with Gasteiger partial charge in [0.1, 0.15) is 87.4 Å². The van der Waals surface area contributed by atoms with Gasteiger partial charge in [0.25, 0.3) is 47.3 Å². The molecular weight excluding hydrogens is 1550 g/mol. The van der Waals surface area contributed by atoms with Gasteiger partial charge in [-0.1, -0.05) is 17.7 Å². The van der Waals surface area contributed by atoms with E-state index in [1.54, 1.807) is 31.2 Å². The molecule has 24 N–H and O–H groups in total. The highest BCUT2D eigenvalue weighted by Crippen LogP contribution is 2.44. The SMILES string of the molecule is Cc1ccc(OCc2cc(OCc3cc(C(=O)NNC(=O)CN(CP(=O)(O)O)CP(=O)(O)O)cc(C(=O)NNC(=O)CN(CP(=O)(O)O)CP(=O)(O)O)c3)cc(OCc3cc(C(=O)NNC(=O)CN(CP(=O)(O)O)CP(=O)(O)O)cc(C(=O)NNC(=O)CN(CP(=O)(O)O)CP(=O)(O)O)c3)c2)cc1. The van der Waals surface area contributed by atoms with Crippen molar-refractivity contribution >= 4 is 108 Å². The summed E-state index contributed by atoms with van der Waals surface area (Å²) in [5, 5.41) is 0. The minimum Gasteiger partial charge on any atom is -0.489 e. The molecule has 0 aromatic heterocycles. The third-order valence-corrected chi connectivity index (χ3v) is 18.2. The molecule has 103 heavy (non-hydrogen) atoms. The number of amides is 8. The Kier molecular flexibility index (Phi) is 32.5. The lowest BCUT2D eigenvalue weighted by Gasteiger charge is -2.22. The molecule has 55 heteroatoms. The molecule has 0 fully saturated rings. The highest BCUT2D eigenvalue weighted by Gasteiger charge is 2.32. The number of nitrogens with zero attached hydrogens (tertiary/aromatic N) is 4. The fourth-order valence-corrected chi connectivity index (χ4v) is 14.9. The van der Waals surface area contributed by atoms with Crippen LogP contribution in [0.2, 0.25) is 0 Å². The van der Waals surface area contributed by atoms with Gasteiger partial charge in [-0.2, -0.15) is 0 Å². The maximum Gasteiger partial charge on any atom is 0.339 e. The van der Waals surface area contributed by atoms with Crippen molar-refractivity contribution in [1.29, 1.82) is 0 Å². The minimum absolute atomic E-state index is 0.115. The molecule has 0 radical (unpaired) electrons. The zero-order valence-electron chi connectivity index (χ0n) is 52.9. The summed E-state index contributed by atoms with van der Waals surface area (Å²) in [6.07, 6.45) is -10.7. The average molecular weight is 1620 g/mol. The quantitative estimate of drug-likeness (QED) is 0.0151. The molecule has 0 aliphatic rings. The van der Waals surface area contributed by atoms with Crippen LogP contribution in [-0.4, -0.2) is 222 Å². The Bertz CT molecular complexity index is 3640. The first-order valence-electron chi connectivity index (χ1n) is 28.1. The molecule has 4 aromatic rings. The van der Waals surface area contributed by atoms with Crippen LogP contribution in [0.1, 0.15) is 63.7 Å². The van der Waals surface area contributed by atoms with Gasteiger partial charge >= 0.3 is 60.8 Å². The van der Waals surface area contributed by atoms with E-state index in [0.717, 1.165) is 42.0 Å². The van der Waals surface area contributed by atoms with Crippen LogP contribution < -0.4 is 57.6 Å². The Morgan fingerprint density at radius 2 is 0.495 bits per heavy atom. The fourth-order valence-electron chi connectivity index (χ4n) is 8.52. The summed E-state index contributed by atoms with van der Waals surface area (Å²) in [6.45, 7) is -4.29. The molecule has 47 nitrogen and oxygen atoms in total. The number of rotatable bonds is 37. The summed E-state index contributed by atoms with van der Waals surface area (Å²) in [4.78, 5) is 259. The summed E-state index contributed by atoms with van der Waals surface area (Å²) in [7, 11) is -40.5. The van der Waals surface area contributed by atoms with Crippen LogP contribution >= 0.6 is 60.8 Å². The normalized spacial score (nSPS) is 12.5. The van der Waals surface area contributed by atoms with E-state index in [-0.39, 0.29) is 34.8 Å². The minimum atomic E-state index is -5.06. The Balaban J connectivity index is 1.76. The van der Waals surface area contributed by atoms with Crippen LogP contribution in [0.5, 0.6) is 17.2 Å². The summed E-state index contributed by atoms with van der Waals surface area (Å²) >= 11 is 0. The van der Waals surface area contributed by atoms with Crippen molar-refractivity contribution < 1.29 is 167 Å². The smallest absolute Gasteiger partial charge is 0.339 e. The fraction of sp³-hybridized carbons (Fsp3) is 0.333. The van der Waals surface area contributed by atoms with Gasteiger partial charge in [-0.05, 0) is 84.3 Å². The molecule has 0 unspecified atom stereocenters. The summed E-state index contributed by atoms with van der Waals surface area (Å²) < 4.78 is 112. The van der Waals surface area contributed by atoms with Gasteiger partial charge in [0, 0.05) is 28.3 Å². The predicted octanol–water partition coefficient (Wildman–Crippen LogP) is -3.93. The first-order valence-corrected chi connectivity index (χ1v) is 42.5. The van der Waals surface area contributed by atoms with Gasteiger partial charge < -0.3 is 92.5 Å². The average Bonchev–Trinajstić information content (AvgIpc) is 0.837. The van der Waals surface area contributed by atoms with Gasteiger partial charge in [-0.3, -0.25) is 138 Å². The molecule has 8 amide bonds. The molecule has 0 bridgehead atoms. The molecular formula is C48H70N12O35P8. The Hall–Kier alpha value is -6.92. The van der Waals surface area contributed by atoms with Gasteiger partial charge in [0.05, 0.1) is 26.2 Å². The Morgan fingerprint density at radius 3 is 0.709 bits per heavy atom. The highest BCUT2D eigenvalue weighted by molar-refractivity contribution is 7.54. The number of nitrogens with one attached hydrogen (secondary N) is 8. The number of ether oxygens (including phenoxy) is 3. The number of carbonyl (C=O) groups excluding carboxylic acids is 8. The number of hydrogen-bond donors (Lipinski definition) is 24. The molecule has 4 rings (SSSR count). The standard InChI is InChI=1S/C48H70N12O35P8/c1-30-2-4-38(5-3-30)93-21-33-10-39(94-19-31-6-34(45(65)53-49-41(61)15-57(22-96(69,70)71)23-97(72,73)74)12-35(7-31)46(66)54-50-42(62)16-58(24-98(75,76)77)25-99(78,79)80)14-40(11-33)95-20-32-8-36(47(67)55-51-43(63)17-59(26-100(81,82)83)27-101(84,85)86)13-37(9-32)48(68)56-52-44(64)18-60(28-102(87,88)89)29-103(90,91)92/h2-14H,15-29H2,1H3,(H,49,61)(H,50,62)(H,51,63)(H,52,64)(H,53,65)(H,54,66)(H,55,67)(H,56,68)(H2,69,70,71)(H2,72,73,74)(H2,75,76,77)(H2,78,79,80)(H2,81,82,83)(H2,84,85,86)(H2,87,88,89)(H2,90,91,92). The molecule has 0 atom stereocenters. The van der Waals surface area contributed by atoms with Gasteiger partial charge in [-0.25, -0.2) is 0 Å².